The molecule has 0 aromatic heterocycles. The Balaban J connectivity index is 1.43. The van der Waals surface area contributed by atoms with Gasteiger partial charge in [-0.3, -0.25) is 0 Å². The number of sulfone groups is 1. The minimum Gasteiger partial charge on any atom is -0.361 e. The SMILES string of the molecule is Cc1ccc(S(=O)(=O)[C@]23[C@@H]4[C@H]5[C@@H]2[C@@H]2C[C@H]5[C@]56O[C@]25[C@H]3C[C@@H]46)cc1. The minimum absolute atomic E-state index is 0.00820. The molecule has 10 atom stereocenters. The van der Waals surface area contributed by atoms with Crippen LogP contribution in [0.25, 0.3) is 0 Å². The van der Waals surface area contributed by atoms with Gasteiger partial charge in [0.2, 0.25) is 0 Å². The predicted octanol–water partition coefficient (Wildman–Crippen LogP) is 2.19. The Bertz CT molecular complexity index is 939. The zero-order chi connectivity index (χ0) is 15.1. The third-order valence-electron chi connectivity index (χ3n) is 9.62. The lowest BCUT2D eigenvalue weighted by atomic mass is 9.59. The molecule has 23 heavy (non-hydrogen) atoms. The summed E-state index contributed by atoms with van der Waals surface area (Å²) >= 11 is 0. The molecule has 3 nitrogen and oxygen atoms in total. The van der Waals surface area contributed by atoms with Gasteiger partial charge in [-0.25, -0.2) is 8.42 Å². The lowest BCUT2D eigenvalue weighted by Gasteiger charge is -2.54. The van der Waals surface area contributed by atoms with Crippen LogP contribution < -0.4 is 0 Å². The van der Waals surface area contributed by atoms with Crippen LogP contribution in [0.1, 0.15) is 18.4 Å². The van der Waals surface area contributed by atoms with Crippen molar-refractivity contribution in [1.29, 1.82) is 0 Å². The van der Waals surface area contributed by atoms with Crippen LogP contribution in [0.15, 0.2) is 29.2 Å². The van der Waals surface area contributed by atoms with Crippen molar-refractivity contribution >= 4 is 9.84 Å². The summed E-state index contributed by atoms with van der Waals surface area (Å²) in [5.74, 6) is 3.64. The first-order valence-corrected chi connectivity index (χ1v) is 10.5. The molecule has 4 heteroatoms. The summed E-state index contributed by atoms with van der Waals surface area (Å²) in [4.78, 5) is 0.562. The van der Waals surface area contributed by atoms with Crippen molar-refractivity contribution in [2.24, 2.45) is 41.4 Å². The number of benzene rings is 1. The Morgan fingerprint density at radius 1 is 1.00 bits per heavy atom. The van der Waals surface area contributed by atoms with Gasteiger partial charge in [0, 0.05) is 5.92 Å². The fourth-order valence-electron chi connectivity index (χ4n) is 9.77. The molecule has 7 aliphatic carbocycles. The molecule has 0 unspecified atom stereocenters. The zero-order valence-electron chi connectivity index (χ0n) is 12.9. The number of hydrogen-bond acceptors (Lipinski definition) is 3. The summed E-state index contributed by atoms with van der Waals surface area (Å²) in [5, 5.41) is 0. The van der Waals surface area contributed by atoms with Crippen LogP contribution in [0, 0.1) is 48.3 Å². The summed E-state index contributed by atoms with van der Waals surface area (Å²) in [6.45, 7) is 2.01. The highest BCUT2D eigenvalue weighted by Crippen LogP contribution is 3.03. The van der Waals surface area contributed by atoms with Crippen LogP contribution in [0.2, 0.25) is 0 Å². The highest BCUT2D eigenvalue weighted by molar-refractivity contribution is 7.93. The van der Waals surface area contributed by atoms with Crippen molar-refractivity contribution in [3.8, 4) is 0 Å². The van der Waals surface area contributed by atoms with Crippen LogP contribution in [0.5, 0.6) is 0 Å². The summed E-state index contributed by atoms with van der Waals surface area (Å²) in [7, 11) is -3.26. The van der Waals surface area contributed by atoms with E-state index in [2.05, 4.69) is 0 Å². The van der Waals surface area contributed by atoms with E-state index >= 15 is 0 Å². The average molecular weight is 326 g/mol. The summed E-state index contributed by atoms with van der Waals surface area (Å²) in [5.41, 5.74) is 1.29. The molecule has 1 aliphatic heterocycles. The highest BCUT2D eigenvalue weighted by atomic mass is 32.2. The molecule has 0 amide bonds. The number of rotatable bonds is 2. The number of hydrogen-bond donors (Lipinski definition) is 0. The normalized spacial score (nSPS) is 66.4. The monoisotopic (exact) mass is 326 g/mol. The lowest BCUT2D eigenvalue weighted by Crippen LogP contribution is -2.63. The molecule has 7 saturated carbocycles. The number of aryl methyl sites for hydroxylation is 1. The van der Waals surface area contributed by atoms with Crippen molar-refractivity contribution < 1.29 is 13.2 Å². The van der Waals surface area contributed by atoms with Gasteiger partial charge in [0.15, 0.2) is 9.84 Å². The van der Waals surface area contributed by atoms with Crippen molar-refractivity contribution in [3.05, 3.63) is 29.8 Å². The maximum absolute atomic E-state index is 13.8. The molecular weight excluding hydrogens is 308 g/mol. The summed E-state index contributed by atoms with van der Waals surface area (Å²) in [6, 6.07) is 7.58. The van der Waals surface area contributed by atoms with Gasteiger partial charge >= 0.3 is 0 Å². The molecule has 1 aromatic rings. The zero-order valence-corrected chi connectivity index (χ0v) is 13.7. The van der Waals surface area contributed by atoms with Crippen LogP contribution in [0.4, 0.5) is 0 Å². The lowest BCUT2D eigenvalue weighted by molar-refractivity contribution is 0.0439. The molecule has 8 fully saturated rings. The first kappa shape index (κ1) is 11.6. The van der Waals surface area contributed by atoms with Gasteiger partial charge in [0.1, 0.15) is 11.2 Å². The summed E-state index contributed by atoms with van der Waals surface area (Å²) in [6.07, 6.45) is 2.40. The van der Waals surface area contributed by atoms with Gasteiger partial charge in [0.25, 0.3) is 0 Å². The Morgan fingerprint density at radius 3 is 2.43 bits per heavy atom. The Kier molecular flexibility index (Phi) is 1.33. The van der Waals surface area contributed by atoms with E-state index in [0.29, 0.717) is 46.3 Å². The van der Waals surface area contributed by atoms with E-state index < -0.39 is 14.6 Å². The Morgan fingerprint density at radius 2 is 1.70 bits per heavy atom. The molecule has 1 saturated heterocycles. The van der Waals surface area contributed by atoms with Gasteiger partial charge in [-0.05, 0) is 67.4 Å². The second-order valence-corrected chi connectivity index (χ2v) is 11.5. The largest absolute Gasteiger partial charge is 0.361 e. The van der Waals surface area contributed by atoms with Crippen LogP contribution in [-0.4, -0.2) is 24.4 Å². The molecule has 0 radical (unpaired) electrons. The molecular formula is C19H18O3S. The van der Waals surface area contributed by atoms with E-state index in [1.54, 1.807) is 0 Å². The van der Waals surface area contributed by atoms with Crippen molar-refractivity contribution in [2.45, 2.75) is 40.6 Å². The molecule has 1 aromatic carbocycles. The van der Waals surface area contributed by atoms with Gasteiger partial charge < -0.3 is 4.74 Å². The second kappa shape index (κ2) is 2.62. The van der Waals surface area contributed by atoms with Crippen molar-refractivity contribution in [1.82, 2.24) is 0 Å². The first-order chi connectivity index (χ1) is 11.0. The molecule has 8 aliphatic rings. The van der Waals surface area contributed by atoms with Crippen LogP contribution in [0.3, 0.4) is 0 Å². The van der Waals surface area contributed by atoms with Gasteiger partial charge in [-0.15, -0.1) is 0 Å². The smallest absolute Gasteiger partial charge is 0.185 e. The Hall–Kier alpha value is -0.870. The van der Waals surface area contributed by atoms with Crippen molar-refractivity contribution in [3.63, 3.8) is 0 Å². The first-order valence-electron chi connectivity index (χ1n) is 9.04. The van der Waals surface area contributed by atoms with Gasteiger partial charge in [0.05, 0.1) is 9.64 Å². The summed E-state index contributed by atoms with van der Waals surface area (Å²) < 4.78 is 33.6. The fourth-order valence-corrected chi connectivity index (χ4v) is 12.7. The van der Waals surface area contributed by atoms with E-state index in [1.165, 1.54) is 6.42 Å². The second-order valence-electron chi connectivity index (χ2n) is 9.33. The highest BCUT2D eigenvalue weighted by Gasteiger charge is 3.11. The van der Waals surface area contributed by atoms with Crippen molar-refractivity contribution in [2.75, 3.05) is 0 Å². The van der Waals surface area contributed by atoms with E-state index in [4.69, 9.17) is 4.74 Å². The van der Waals surface area contributed by atoms with E-state index in [9.17, 15) is 8.42 Å². The standard InChI is InChI=1S/C19H18O3S/c1-8-2-4-9(5-3-8)23(20,21)17-13-7-12-16(17)14-10-6-11(15(14)17)19(13)18(10,12)22-19/h2-5,10-16H,6-7H2,1H3/t10-,11+,12+,13+,14-,15+,16+,17+,18-,19+/m1/s1. The van der Waals surface area contributed by atoms with E-state index in [-0.39, 0.29) is 11.2 Å². The molecule has 0 N–H and O–H groups in total. The predicted molar refractivity (Wildman–Crippen MR) is 81.3 cm³/mol. The maximum atomic E-state index is 13.8. The topological polar surface area (TPSA) is 46.7 Å². The fraction of sp³-hybridized carbons (Fsp3) is 0.684. The molecule has 4 bridgehead atoms. The molecule has 2 spiro atoms. The van der Waals surface area contributed by atoms with Crippen LogP contribution >= 0.6 is 0 Å². The Labute approximate surface area is 135 Å². The maximum Gasteiger partial charge on any atom is 0.185 e. The quantitative estimate of drug-likeness (QED) is 0.783. The number of ether oxygens (including phenoxy) is 1. The third-order valence-corrected chi connectivity index (χ3v) is 12.3. The molecule has 118 valence electrons. The third kappa shape index (κ3) is 0.674. The number of epoxide rings is 1. The van der Waals surface area contributed by atoms with E-state index in [0.717, 1.165) is 12.0 Å². The van der Waals surface area contributed by atoms with E-state index in [1.807, 2.05) is 31.2 Å². The minimum atomic E-state index is -3.26. The van der Waals surface area contributed by atoms with Gasteiger partial charge in [-0.2, -0.15) is 0 Å². The average Bonchev–Trinajstić information content (AvgIpc) is 2.70. The molecule has 9 rings (SSSR count). The van der Waals surface area contributed by atoms with Crippen LogP contribution in [-0.2, 0) is 14.6 Å². The van der Waals surface area contributed by atoms with Gasteiger partial charge in [-0.1, -0.05) is 17.7 Å². The molecule has 1 heterocycles.